The molecule has 20 nitrogen and oxygen atoms in total. The van der Waals surface area contributed by atoms with Crippen LogP contribution in [0.15, 0.2) is 97.1 Å². The number of nitrogens with one attached hydrogen (secondary N) is 4. The lowest BCUT2D eigenvalue weighted by Crippen LogP contribution is -2.51. The molecule has 0 bridgehead atoms. The number of hydrogen-bond donors (Lipinski definition) is 4. The predicted molar refractivity (Wildman–Crippen MR) is 259 cm³/mol. The lowest BCUT2D eigenvalue weighted by Gasteiger charge is -2.26. The topological polar surface area (TPSA) is 252 Å². The molecule has 0 saturated carbocycles. The minimum atomic E-state index is -1.00. The van der Waals surface area contributed by atoms with Gasteiger partial charge in [0.2, 0.25) is 29.5 Å². The molecule has 0 fully saturated rings. The largest absolute Gasteiger partial charge is 0.514 e. The summed E-state index contributed by atoms with van der Waals surface area (Å²) < 4.78 is 32.1. The van der Waals surface area contributed by atoms with E-state index in [4.69, 9.17) is 28.4 Å². The summed E-state index contributed by atoms with van der Waals surface area (Å²) in [5.41, 5.74) is 4.16. The Labute approximate surface area is 411 Å². The van der Waals surface area contributed by atoms with Gasteiger partial charge < -0.3 is 54.6 Å². The Bertz CT molecular complexity index is 2490. The first-order valence-corrected chi connectivity index (χ1v) is 23.0. The van der Waals surface area contributed by atoms with Crippen LogP contribution < -0.4 is 30.9 Å². The number of nitro groups is 1. The Morgan fingerprint density at radius 1 is 0.676 bits per heavy atom. The van der Waals surface area contributed by atoms with Crippen molar-refractivity contribution in [3.63, 3.8) is 0 Å². The van der Waals surface area contributed by atoms with Gasteiger partial charge in [0.1, 0.15) is 18.4 Å². The smallest absolute Gasteiger partial charge is 0.429 e. The normalized spacial score (nSPS) is 11.8. The Hall–Kier alpha value is -7.70. The molecule has 20 heteroatoms. The van der Waals surface area contributed by atoms with Crippen LogP contribution >= 0.6 is 0 Å². The first-order chi connectivity index (χ1) is 34.4. The van der Waals surface area contributed by atoms with Crippen LogP contribution in [-0.2, 0) is 60.8 Å². The van der Waals surface area contributed by atoms with Gasteiger partial charge in [0.15, 0.2) is 0 Å². The molecule has 1 heterocycles. The van der Waals surface area contributed by atoms with Gasteiger partial charge in [0, 0.05) is 54.8 Å². The van der Waals surface area contributed by atoms with Crippen molar-refractivity contribution in [2.75, 3.05) is 76.2 Å². The van der Waals surface area contributed by atoms with Crippen molar-refractivity contribution in [3.8, 4) is 17.6 Å². The predicted octanol–water partition coefficient (Wildman–Crippen LogP) is 4.81. The molecule has 71 heavy (non-hydrogen) atoms. The van der Waals surface area contributed by atoms with E-state index >= 15 is 0 Å². The average molecular weight is 979 g/mol. The minimum absolute atomic E-state index is 0.00577. The molecule has 4 aromatic rings. The maximum atomic E-state index is 13.3. The van der Waals surface area contributed by atoms with Crippen LogP contribution in [0.3, 0.4) is 0 Å². The Kier molecular flexibility index (Phi) is 22.4. The number of rotatable bonds is 28. The standard InChI is InChI=1S/C51H58N6O14/c1-36(2)49(50(62)53-33-47(60)54-41-15-11-37(12-16-41)35-70-51(63)71-43-19-17-42(18-20-43)57(64)65)55-46(59)23-25-66-27-29-68-31-32-69-30-28-67-26-24-52-45(58)21-22-48(61)56-34-40-9-4-3-7-38(40)13-14-39-8-5-6-10-44(39)56/h3-12,15-20,36,49H,21-35H2,1-2H3,(H,52,58)(H,53,62)(H,54,60)(H,55,59). The molecule has 5 amide bonds. The first-order valence-electron chi connectivity index (χ1n) is 23.0. The number of para-hydroxylation sites is 1. The zero-order valence-corrected chi connectivity index (χ0v) is 39.6. The molecule has 0 saturated heterocycles. The number of fused-ring (bicyclic) bond motifs is 2. The third kappa shape index (κ3) is 19.3. The fraction of sp³-hybridized carbons (Fsp3) is 0.373. The highest BCUT2D eigenvalue weighted by molar-refractivity contribution is 5.97. The number of non-ortho nitro benzene ring substituents is 1. The molecule has 0 radical (unpaired) electrons. The van der Waals surface area contributed by atoms with E-state index in [2.05, 4.69) is 33.1 Å². The van der Waals surface area contributed by atoms with Gasteiger partial charge in [-0.1, -0.05) is 68.2 Å². The number of anilines is 2. The first kappa shape index (κ1) is 54.2. The van der Waals surface area contributed by atoms with Crippen molar-refractivity contribution in [2.45, 2.75) is 52.3 Å². The lowest BCUT2D eigenvalue weighted by atomic mass is 10.0. The Morgan fingerprint density at radius 3 is 1.97 bits per heavy atom. The number of hydrogen-bond acceptors (Lipinski definition) is 14. The number of nitrogens with zero attached hydrogens (tertiary/aromatic N) is 2. The molecule has 4 N–H and O–H groups in total. The van der Waals surface area contributed by atoms with E-state index < -0.39 is 34.8 Å². The lowest BCUT2D eigenvalue weighted by molar-refractivity contribution is -0.384. The molecule has 1 unspecified atom stereocenters. The van der Waals surface area contributed by atoms with Gasteiger partial charge in [0.05, 0.1) is 76.6 Å². The van der Waals surface area contributed by atoms with Crippen molar-refractivity contribution in [3.05, 3.63) is 129 Å². The molecular weight excluding hydrogens is 921 g/mol. The van der Waals surface area contributed by atoms with Gasteiger partial charge in [0.25, 0.3) is 5.69 Å². The summed E-state index contributed by atoms with van der Waals surface area (Å²) in [5.74, 6) is 4.34. The van der Waals surface area contributed by atoms with Gasteiger partial charge in [-0.2, -0.15) is 0 Å². The maximum Gasteiger partial charge on any atom is 0.514 e. The number of nitro benzene ring substituents is 1. The second kappa shape index (κ2) is 29.4. The second-order valence-electron chi connectivity index (χ2n) is 16.1. The highest BCUT2D eigenvalue weighted by Gasteiger charge is 2.25. The highest BCUT2D eigenvalue weighted by Crippen LogP contribution is 2.26. The van der Waals surface area contributed by atoms with Gasteiger partial charge in [-0.25, -0.2) is 4.79 Å². The number of carbonyl (C=O) groups excluding carboxylic acids is 6. The quantitative estimate of drug-likeness (QED) is 0.0149. The summed E-state index contributed by atoms with van der Waals surface area (Å²) in [5, 5.41) is 21.4. The van der Waals surface area contributed by atoms with E-state index in [0.29, 0.717) is 50.8 Å². The molecule has 1 aliphatic rings. The molecule has 1 aliphatic heterocycles. The van der Waals surface area contributed by atoms with Gasteiger partial charge in [-0.15, -0.1) is 0 Å². The van der Waals surface area contributed by atoms with Crippen molar-refractivity contribution >= 4 is 52.8 Å². The summed E-state index contributed by atoms with van der Waals surface area (Å²) >= 11 is 0. The van der Waals surface area contributed by atoms with E-state index in [1.807, 2.05) is 48.5 Å². The van der Waals surface area contributed by atoms with Crippen LogP contribution in [0.2, 0.25) is 0 Å². The SMILES string of the molecule is CC(C)C(NC(=O)CCOCCOCCOCCOCCNC(=O)CCC(=O)N1Cc2ccccc2C#Cc2ccccc21)C(=O)NCC(=O)Nc1ccc(COC(=O)Oc2ccc([N+](=O)[O-])cc2)cc1. The minimum Gasteiger partial charge on any atom is -0.429 e. The Morgan fingerprint density at radius 2 is 1.30 bits per heavy atom. The highest BCUT2D eigenvalue weighted by atomic mass is 16.7. The second-order valence-corrected chi connectivity index (χ2v) is 16.1. The zero-order chi connectivity index (χ0) is 50.8. The van der Waals surface area contributed by atoms with Crippen molar-refractivity contribution in [1.82, 2.24) is 16.0 Å². The van der Waals surface area contributed by atoms with Crippen LogP contribution in [0.1, 0.15) is 55.4 Å². The van der Waals surface area contributed by atoms with Crippen molar-refractivity contribution in [2.24, 2.45) is 5.92 Å². The maximum absolute atomic E-state index is 13.3. The van der Waals surface area contributed by atoms with E-state index in [0.717, 1.165) is 22.4 Å². The number of carbonyl (C=O) groups is 6. The van der Waals surface area contributed by atoms with Gasteiger partial charge in [-0.3, -0.25) is 34.1 Å². The van der Waals surface area contributed by atoms with Crippen LogP contribution in [0.25, 0.3) is 0 Å². The molecule has 0 aromatic heterocycles. The molecule has 1 atom stereocenters. The van der Waals surface area contributed by atoms with Crippen LogP contribution in [0, 0.1) is 27.9 Å². The summed E-state index contributed by atoms with van der Waals surface area (Å²) in [6, 6.07) is 25.7. The molecule has 5 rings (SSSR count). The third-order valence-electron chi connectivity index (χ3n) is 10.4. The van der Waals surface area contributed by atoms with E-state index in [1.165, 1.54) is 24.3 Å². The van der Waals surface area contributed by atoms with E-state index in [9.17, 15) is 38.9 Å². The molecule has 4 aromatic carbocycles. The number of ether oxygens (including phenoxy) is 6. The Balaban J connectivity index is 0.826. The fourth-order valence-electron chi connectivity index (χ4n) is 6.69. The van der Waals surface area contributed by atoms with Crippen molar-refractivity contribution < 1.29 is 62.1 Å². The van der Waals surface area contributed by atoms with Crippen LogP contribution in [0.5, 0.6) is 5.75 Å². The fourth-order valence-corrected chi connectivity index (χ4v) is 6.69. The number of benzene rings is 4. The van der Waals surface area contributed by atoms with E-state index in [-0.39, 0.29) is 88.0 Å². The summed E-state index contributed by atoms with van der Waals surface area (Å²) in [4.78, 5) is 87.8. The summed E-state index contributed by atoms with van der Waals surface area (Å²) in [7, 11) is 0. The van der Waals surface area contributed by atoms with Gasteiger partial charge in [-0.05, 0) is 59.5 Å². The molecule has 0 spiro atoms. The van der Waals surface area contributed by atoms with Crippen molar-refractivity contribution in [1.29, 1.82) is 0 Å². The summed E-state index contributed by atoms with van der Waals surface area (Å²) in [6.45, 7) is 5.92. The molecule has 376 valence electrons. The zero-order valence-electron chi connectivity index (χ0n) is 39.6. The molecule has 0 aliphatic carbocycles. The van der Waals surface area contributed by atoms with E-state index in [1.54, 1.807) is 43.0 Å². The molecular formula is C51H58N6O14. The third-order valence-corrected chi connectivity index (χ3v) is 10.4. The monoisotopic (exact) mass is 978 g/mol. The van der Waals surface area contributed by atoms with Crippen LogP contribution in [-0.4, -0.2) is 113 Å². The van der Waals surface area contributed by atoms with Gasteiger partial charge >= 0.3 is 6.16 Å². The van der Waals surface area contributed by atoms with Crippen LogP contribution in [0.4, 0.5) is 21.9 Å². The average Bonchev–Trinajstić information content (AvgIpc) is 3.35. The summed E-state index contributed by atoms with van der Waals surface area (Å²) in [6.07, 6.45) is -0.905. The number of amides is 5.